The maximum Gasteiger partial charge on any atom is 0.325 e. The molecule has 0 spiro atoms. The van der Waals surface area contributed by atoms with Gasteiger partial charge in [-0.25, -0.2) is 4.79 Å². The van der Waals surface area contributed by atoms with Crippen molar-refractivity contribution in [1.29, 1.82) is 0 Å². The van der Waals surface area contributed by atoms with E-state index in [4.69, 9.17) is 0 Å². The number of fused-ring (bicyclic) bond motifs is 1. The molecular formula is C25H25N3O3. The van der Waals surface area contributed by atoms with E-state index in [2.05, 4.69) is 11.9 Å². The molecule has 3 aromatic rings. The summed E-state index contributed by atoms with van der Waals surface area (Å²) in [5.41, 5.74) is 1.71. The average molecular weight is 415 g/mol. The number of amides is 3. The highest BCUT2D eigenvalue weighted by atomic mass is 16.2. The first-order chi connectivity index (χ1) is 14.8. The van der Waals surface area contributed by atoms with Crippen molar-refractivity contribution in [2.24, 2.45) is 0 Å². The summed E-state index contributed by atoms with van der Waals surface area (Å²) in [6, 6.07) is 14.6. The van der Waals surface area contributed by atoms with Crippen LogP contribution in [0.1, 0.15) is 34.2 Å². The molecule has 1 saturated heterocycles. The average Bonchev–Trinajstić information content (AvgIpc) is 3.16. The number of hydrogen-bond donors (Lipinski definition) is 1. The highest BCUT2D eigenvalue weighted by molar-refractivity contribution is 6.12. The number of imide groups is 1. The summed E-state index contributed by atoms with van der Waals surface area (Å²) in [5, 5.41) is 4.68. The Bertz CT molecular complexity index is 1230. The SMILES string of the molecule is C=CCn1c(C)cc(C(=O)CN2C(=O)N[C@](C)(c3cccc4ccccc34)C2=O)c1C. The third-order valence-electron chi connectivity index (χ3n) is 6.09. The maximum absolute atomic E-state index is 13.4. The van der Waals surface area contributed by atoms with E-state index in [0.29, 0.717) is 17.7 Å². The Labute approximate surface area is 181 Å². The summed E-state index contributed by atoms with van der Waals surface area (Å²) in [4.78, 5) is 40.2. The fraction of sp³-hybridized carbons (Fsp3) is 0.240. The lowest BCUT2D eigenvalue weighted by Gasteiger charge is -2.24. The molecule has 1 aromatic heterocycles. The molecular weight excluding hydrogens is 390 g/mol. The molecule has 0 unspecified atom stereocenters. The predicted octanol–water partition coefficient (Wildman–Crippen LogP) is 4.09. The number of ketones is 1. The zero-order valence-corrected chi connectivity index (χ0v) is 17.9. The Morgan fingerprint density at radius 3 is 2.58 bits per heavy atom. The van der Waals surface area contributed by atoms with E-state index >= 15 is 0 Å². The third kappa shape index (κ3) is 3.24. The van der Waals surface area contributed by atoms with Crippen LogP contribution in [0.2, 0.25) is 0 Å². The summed E-state index contributed by atoms with van der Waals surface area (Å²) >= 11 is 0. The molecule has 2 heterocycles. The summed E-state index contributed by atoms with van der Waals surface area (Å²) in [6.45, 7) is 9.50. The molecule has 158 valence electrons. The van der Waals surface area contributed by atoms with Gasteiger partial charge < -0.3 is 9.88 Å². The van der Waals surface area contributed by atoms with Gasteiger partial charge in [0, 0.05) is 23.5 Å². The molecule has 2 aromatic carbocycles. The minimum absolute atomic E-state index is 0.269. The zero-order chi connectivity index (χ0) is 22.3. The molecule has 1 aliphatic rings. The zero-order valence-electron chi connectivity index (χ0n) is 17.9. The van der Waals surface area contributed by atoms with Crippen molar-refractivity contribution in [2.45, 2.75) is 32.9 Å². The molecule has 1 N–H and O–H groups in total. The number of allylic oxidation sites excluding steroid dienone is 1. The van der Waals surface area contributed by atoms with Crippen molar-refractivity contribution in [3.8, 4) is 0 Å². The highest BCUT2D eigenvalue weighted by Gasteiger charge is 2.50. The number of hydrogen-bond acceptors (Lipinski definition) is 3. The normalized spacial score (nSPS) is 18.5. The smallest absolute Gasteiger partial charge is 0.325 e. The summed E-state index contributed by atoms with van der Waals surface area (Å²) in [7, 11) is 0. The van der Waals surface area contributed by atoms with E-state index in [0.717, 1.165) is 27.1 Å². The monoisotopic (exact) mass is 415 g/mol. The number of aromatic nitrogens is 1. The van der Waals surface area contributed by atoms with Gasteiger partial charge in [0.2, 0.25) is 0 Å². The Balaban J connectivity index is 1.65. The van der Waals surface area contributed by atoms with Gasteiger partial charge in [-0.2, -0.15) is 0 Å². The quantitative estimate of drug-likeness (QED) is 0.374. The highest BCUT2D eigenvalue weighted by Crippen LogP contribution is 2.34. The van der Waals surface area contributed by atoms with Gasteiger partial charge >= 0.3 is 6.03 Å². The Morgan fingerprint density at radius 2 is 1.84 bits per heavy atom. The van der Waals surface area contributed by atoms with E-state index in [9.17, 15) is 14.4 Å². The van der Waals surface area contributed by atoms with Crippen LogP contribution in [0, 0.1) is 13.8 Å². The van der Waals surface area contributed by atoms with Crippen LogP contribution in [0.25, 0.3) is 10.8 Å². The Morgan fingerprint density at radius 1 is 1.13 bits per heavy atom. The van der Waals surface area contributed by atoms with Crippen LogP contribution in [-0.2, 0) is 16.9 Å². The fourth-order valence-corrected chi connectivity index (χ4v) is 4.41. The van der Waals surface area contributed by atoms with Gasteiger partial charge in [0.1, 0.15) is 5.54 Å². The molecule has 0 bridgehead atoms. The van der Waals surface area contributed by atoms with Crippen LogP contribution >= 0.6 is 0 Å². The van der Waals surface area contributed by atoms with Gasteiger partial charge in [-0.1, -0.05) is 48.5 Å². The first-order valence-corrected chi connectivity index (χ1v) is 10.2. The fourth-order valence-electron chi connectivity index (χ4n) is 4.41. The van der Waals surface area contributed by atoms with Crippen LogP contribution in [0.4, 0.5) is 4.79 Å². The maximum atomic E-state index is 13.4. The molecule has 31 heavy (non-hydrogen) atoms. The minimum atomic E-state index is -1.24. The van der Waals surface area contributed by atoms with E-state index in [1.807, 2.05) is 60.9 Å². The molecule has 0 aliphatic carbocycles. The molecule has 0 saturated carbocycles. The number of Topliss-reactive ketones (excluding diaryl/α,β-unsaturated/α-hetero) is 1. The predicted molar refractivity (Wildman–Crippen MR) is 120 cm³/mol. The second-order valence-corrected chi connectivity index (χ2v) is 8.08. The van der Waals surface area contributed by atoms with Crippen LogP contribution in [0.15, 0.2) is 61.2 Å². The van der Waals surface area contributed by atoms with Gasteiger partial charge in [-0.3, -0.25) is 14.5 Å². The molecule has 3 amide bonds. The number of rotatable bonds is 6. The van der Waals surface area contributed by atoms with Crippen molar-refractivity contribution in [3.05, 3.63) is 83.7 Å². The van der Waals surface area contributed by atoms with Crippen molar-refractivity contribution in [3.63, 3.8) is 0 Å². The molecule has 0 radical (unpaired) electrons. The topological polar surface area (TPSA) is 71.4 Å². The van der Waals surface area contributed by atoms with Crippen molar-refractivity contribution < 1.29 is 14.4 Å². The van der Waals surface area contributed by atoms with Crippen molar-refractivity contribution in [2.75, 3.05) is 6.54 Å². The van der Waals surface area contributed by atoms with E-state index in [1.165, 1.54) is 0 Å². The molecule has 6 heteroatoms. The Hall–Kier alpha value is -3.67. The summed E-state index contributed by atoms with van der Waals surface area (Å²) in [5.74, 6) is -0.698. The number of nitrogens with one attached hydrogen (secondary N) is 1. The van der Waals surface area contributed by atoms with Gasteiger partial charge in [-0.15, -0.1) is 6.58 Å². The molecule has 1 atom stereocenters. The second-order valence-electron chi connectivity index (χ2n) is 8.08. The standard InChI is InChI=1S/C25H25N3O3/c1-5-13-27-16(2)14-20(17(27)3)22(29)15-28-23(30)25(4,26-24(28)31)21-12-8-10-18-9-6-7-11-19(18)21/h5-12,14H,1,13,15H2,2-4H3,(H,26,31)/t25-/m1/s1. The molecule has 4 rings (SSSR count). The van der Waals surface area contributed by atoms with Crippen LogP contribution in [0.5, 0.6) is 0 Å². The van der Waals surface area contributed by atoms with Gasteiger partial charge in [0.05, 0.1) is 6.54 Å². The van der Waals surface area contributed by atoms with Gasteiger partial charge in [0.15, 0.2) is 5.78 Å². The second kappa shape index (κ2) is 7.54. The summed E-state index contributed by atoms with van der Waals surface area (Å²) < 4.78 is 1.98. The van der Waals surface area contributed by atoms with Crippen LogP contribution < -0.4 is 5.32 Å². The van der Waals surface area contributed by atoms with Crippen LogP contribution in [-0.4, -0.2) is 33.7 Å². The molecule has 1 aliphatic heterocycles. The van der Waals surface area contributed by atoms with E-state index in [-0.39, 0.29) is 12.3 Å². The van der Waals surface area contributed by atoms with Crippen molar-refractivity contribution in [1.82, 2.24) is 14.8 Å². The minimum Gasteiger partial charge on any atom is -0.345 e. The lowest BCUT2D eigenvalue weighted by atomic mass is 9.88. The number of carbonyl (C=O) groups excluding carboxylic acids is 3. The van der Waals surface area contributed by atoms with Gasteiger partial charge in [0.25, 0.3) is 5.91 Å². The Kier molecular flexibility index (Phi) is 5.01. The number of benzene rings is 2. The lowest BCUT2D eigenvalue weighted by Crippen LogP contribution is -2.41. The van der Waals surface area contributed by atoms with E-state index < -0.39 is 17.5 Å². The number of urea groups is 1. The van der Waals surface area contributed by atoms with Crippen LogP contribution in [0.3, 0.4) is 0 Å². The summed E-state index contributed by atoms with van der Waals surface area (Å²) in [6.07, 6.45) is 1.77. The number of aryl methyl sites for hydroxylation is 1. The first kappa shape index (κ1) is 20.6. The van der Waals surface area contributed by atoms with Gasteiger partial charge in [-0.05, 0) is 43.2 Å². The number of nitrogens with zero attached hydrogens (tertiary/aromatic N) is 2. The molecule has 1 fully saturated rings. The molecule has 6 nitrogen and oxygen atoms in total. The van der Waals surface area contributed by atoms with E-state index in [1.54, 1.807) is 19.1 Å². The first-order valence-electron chi connectivity index (χ1n) is 10.2. The number of carbonyl (C=O) groups is 3. The third-order valence-corrected chi connectivity index (χ3v) is 6.09. The largest absolute Gasteiger partial charge is 0.345 e. The lowest BCUT2D eigenvalue weighted by molar-refractivity contribution is -0.130. The van der Waals surface area contributed by atoms with Crippen molar-refractivity contribution >= 4 is 28.5 Å².